The zero-order chi connectivity index (χ0) is 12.6. The topological polar surface area (TPSA) is 41.8 Å². The number of hydrogen-bond donors (Lipinski definition) is 2. The lowest BCUT2D eigenvalue weighted by atomic mass is 10.1. The van der Waals surface area contributed by atoms with Crippen LogP contribution < -0.4 is 5.73 Å². The largest absolute Gasteiger partial charge is 0.418 e. The molecule has 2 nitrogen and oxygen atoms in total. The van der Waals surface area contributed by atoms with Crippen LogP contribution in [0.15, 0.2) is 18.2 Å². The van der Waals surface area contributed by atoms with Gasteiger partial charge >= 0.3 is 6.18 Å². The van der Waals surface area contributed by atoms with Crippen molar-refractivity contribution in [3.8, 4) is 0 Å². The number of benzene rings is 1. The van der Waals surface area contributed by atoms with Crippen molar-refractivity contribution in [1.82, 2.24) is 4.98 Å². The lowest BCUT2D eigenvalue weighted by molar-refractivity contribution is -0.136. The predicted octanol–water partition coefficient (Wildman–Crippen LogP) is 3.21. The zero-order valence-electron chi connectivity index (χ0n) is 9.36. The summed E-state index contributed by atoms with van der Waals surface area (Å²) in [4.78, 5) is 2.84. The first-order valence-electron chi connectivity index (χ1n) is 5.38. The van der Waals surface area contributed by atoms with Gasteiger partial charge in [-0.1, -0.05) is 19.1 Å². The Bertz CT molecular complexity index is 540. The molecule has 0 fully saturated rings. The Morgan fingerprint density at radius 1 is 1.29 bits per heavy atom. The van der Waals surface area contributed by atoms with Gasteiger partial charge in [-0.3, -0.25) is 0 Å². The van der Waals surface area contributed by atoms with Gasteiger partial charge < -0.3 is 10.7 Å². The SMILES string of the molecule is CCc1[nH]c2c(C(F)(F)F)cccc2c1CN. The van der Waals surface area contributed by atoms with E-state index in [1.165, 1.54) is 6.07 Å². The number of nitrogens with one attached hydrogen (secondary N) is 1. The van der Waals surface area contributed by atoms with Crippen LogP contribution >= 0.6 is 0 Å². The van der Waals surface area contributed by atoms with Crippen molar-refractivity contribution in [3.05, 3.63) is 35.0 Å². The van der Waals surface area contributed by atoms with E-state index in [1.54, 1.807) is 6.07 Å². The summed E-state index contributed by atoms with van der Waals surface area (Å²) >= 11 is 0. The van der Waals surface area contributed by atoms with Crippen molar-refractivity contribution in [2.75, 3.05) is 0 Å². The Morgan fingerprint density at radius 2 is 2.00 bits per heavy atom. The summed E-state index contributed by atoms with van der Waals surface area (Å²) in [6.45, 7) is 2.13. The maximum Gasteiger partial charge on any atom is 0.418 e. The molecule has 0 aliphatic heterocycles. The van der Waals surface area contributed by atoms with Crippen LogP contribution in [-0.4, -0.2) is 4.98 Å². The van der Waals surface area contributed by atoms with Crippen LogP contribution in [0, 0.1) is 0 Å². The number of aromatic amines is 1. The molecule has 92 valence electrons. The summed E-state index contributed by atoms with van der Waals surface area (Å²) in [6, 6.07) is 4.17. The van der Waals surface area contributed by atoms with Crippen molar-refractivity contribution in [2.45, 2.75) is 26.1 Å². The number of para-hydroxylation sites is 1. The fourth-order valence-electron chi connectivity index (χ4n) is 2.10. The van der Waals surface area contributed by atoms with E-state index >= 15 is 0 Å². The Morgan fingerprint density at radius 3 is 2.53 bits per heavy atom. The quantitative estimate of drug-likeness (QED) is 0.834. The van der Waals surface area contributed by atoms with Gasteiger partial charge in [-0.15, -0.1) is 0 Å². The number of nitrogens with two attached hydrogens (primary N) is 1. The third-order valence-corrected chi connectivity index (χ3v) is 2.89. The molecule has 0 bridgehead atoms. The molecule has 1 aromatic carbocycles. The third-order valence-electron chi connectivity index (χ3n) is 2.89. The Balaban J connectivity index is 2.78. The minimum absolute atomic E-state index is 0.136. The molecule has 0 saturated heterocycles. The molecule has 0 aliphatic carbocycles. The highest BCUT2D eigenvalue weighted by Gasteiger charge is 2.33. The molecular formula is C12H13F3N2. The van der Waals surface area contributed by atoms with E-state index in [4.69, 9.17) is 5.73 Å². The Labute approximate surface area is 96.6 Å². The van der Waals surface area contributed by atoms with Gasteiger partial charge in [0.2, 0.25) is 0 Å². The molecule has 0 saturated carbocycles. The summed E-state index contributed by atoms with van der Waals surface area (Å²) in [5.41, 5.74) is 6.65. The summed E-state index contributed by atoms with van der Waals surface area (Å²) in [5.74, 6) is 0. The minimum atomic E-state index is -4.35. The number of aromatic nitrogens is 1. The van der Waals surface area contributed by atoms with Crippen LogP contribution in [0.25, 0.3) is 10.9 Å². The molecule has 0 spiro atoms. The lowest BCUT2D eigenvalue weighted by Gasteiger charge is -2.07. The van der Waals surface area contributed by atoms with E-state index in [0.717, 1.165) is 17.3 Å². The highest BCUT2D eigenvalue weighted by atomic mass is 19.4. The standard InChI is InChI=1S/C12H13F3N2/c1-2-10-8(6-16)7-4-3-5-9(11(7)17-10)12(13,14)15/h3-5,17H,2,6,16H2,1H3. The van der Waals surface area contributed by atoms with E-state index < -0.39 is 11.7 Å². The first kappa shape index (κ1) is 12.0. The number of fused-ring (bicyclic) bond motifs is 1. The summed E-state index contributed by atoms with van der Waals surface area (Å²) in [7, 11) is 0. The maximum atomic E-state index is 12.8. The molecule has 1 heterocycles. The summed E-state index contributed by atoms with van der Waals surface area (Å²) in [6.07, 6.45) is -3.71. The van der Waals surface area contributed by atoms with Gasteiger partial charge in [0.05, 0.1) is 11.1 Å². The van der Waals surface area contributed by atoms with E-state index in [0.29, 0.717) is 11.8 Å². The molecule has 0 unspecified atom stereocenters. The minimum Gasteiger partial charge on any atom is -0.358 e. The fraction of sp³-hybridized carbons (Fsp3) is 0.333. The van der Waals surface area contributed by atoms with Gasteiger partial charge in [0.25, 0.3) is 0 Å². The first-order valence-corrected chi connectivity index (χ1v) is 5.38. The molecule has 17 heavy (non-hydrogen) atoms. The molecule has 0 radical (unpaired) electrons. The van der Waals surface area contributed by atoms with Gasteiger partial charge in [-0.2, -0.15) is 13.2 Å². The normalized spacial score (nSPS) is 12.3. The van der Waals surface area contributed by atoms with Crippen LogP contribution in [0.1, 0.15) is 23.7 Å². The second kappa shape index (κ2) is 4.07. The molecule has 3 N–H and O–H groups in total. The number of alkyl halides is 3. The summed E-state index contributed by atoms with van der Waals surface area (Å²) < 4.78 is 38.4. The molecule has 1 aromatic heterocycles. The monoisotopic (exact) mass is 242 g/mol. The Hall–Kier alpha value is -1.49. The van der Waals surface area contributed by atoms with Crippen molar-refractivity contribution >= 4 is 10.9 Å². The van der Waals surface area contributed by atoms with Gasteiger partial charge in [-0.25, -0.2) is 0 Å². The molecule has 0 aliphatic rings. The predicted molar refractivity (Wildman–Crippen MR) is 60.6 cm³/mol. The molecule has 5 heteroatoms. The molecule has 2 rings (SSSR count). The zero-order valence-corrected chi connectivity index (χ0v) is 9.36. The summed E-state index contributed by atoms with van der Waals surface area (Å²) in [5, 5.41) is 0.569. The average molecular weight is 242 g/mol. The number of H-pyrrole nitrogens is 1. The van der Waals surface area contributed by atoms with Gasteiger partial charge in [0.15, 0.2) is 0 Å². The second-order valence-electron chi connectivity index (χ2n) is 3.87. The van der Waals surface area contributed by atoms with E-state index in [9.17, 15) is 13.2 Å². The number of aryl methyl sites for hydroxylation is 1. The number of rotatable bonds is 2. The number of hydrogen-bond acceptors (Lipinski definition) is 1. The highest BCUT2D eigenvalue weighted by Crippen LogP contribution is 2.36. The van der Waals surface area contributed by atoms with Crippen LogP contribution in [-0.2, 0) is 19.1 Å². The Kier molecular flexibility index (Phi) is 2.87. The van der Waals surface area contributed by atoms with Crippen LogP contribution in [0.2, 0.25) is 0 Å². The van der Waals surface area contributed by atoms with Crippen LogP contribution in [0.5, 0.6) is 0 Å². The first-order chi connectivity index (χ1) is 7.99. The lowest BCUT2D eigenvalue weighted by Crippen LogP contribution is -2.05. The third kappa shape index (κ3) is 1.91. The van der Waals surface area contributed by atoms with Crippen molar-refractivity contribution in [3.63, 3.8) is 0 Å². The van der Waals surface area contributed by atoms with Crippen molar-refractivity contribution in [2.24, 2.45) is 5.73 Å². The van der Waals surface area contributed by atoms with Crippen LogP contribution in [0.3, 0.4) is 0 Å². The van der Waals surface area contributed by atoms with Gasteiger partial charge in [0.1, 0.15) is 0 Å². The molecular weight excluding hydrogens is 229 g/mol. The van der Waals surface area contributed by atoms with E-state index in [-0.39, 0.29) is 12.1 Å². The molecule has 0 amide bonds. The maximum absolute atomic E-state index is 12.8. The highest BCUT2D eigenvalue weighted by molar-refractivity contribution is 5.87. The van der Waals surface area contributed by atoms with Gasteiger partial charge in [0, 0.05) is 17.6 Å². The van der Waals surface area contributed by atoms with Gasteiger partial charge in [-0.05, 0) is 18.1 Å². The smallest absolute Gasteiger partial charge is 0.358 e. The van der Waals surface area contributed by atoms with Crippen LogP contribution in [0.4, 0.5) is 13.2 Å². The molecule has 0 atom stereocenters. The molecule has 2 aromatic rings. The van der Waals surface area contributed by atoms with Crippen molar-refractivity contribution in [1.29, 1.82) is 0 Å². The van der Waals surface area contributed by atoms with E-state index in [1.807, 2.05) is 6.92 Å². The number of halogens is 3. The average Bonchev–Trinajstić information content (AvgIpc) is 2.64. The van der Waals surface area contributed by atoms with Crippen molar-refractivity contribution < 1.29 is 13.2 Å². The van der Waals surface area contributed by atoms with E-state index in [2.05, 4.69) is 4.98 Å². The second-order valence-corrected chi connectivity index (χ2v) is 3.87. The fourth-order valence-corrected chi connectivity index (χ4v) is 2.10.